The second kappa shape index (κ2) is 6.48. The minimum atomic E-state index is 0.0265. The summed E-state index contributed by atoms with van der Waals surface area (Å²) in [6, 6.07) is 8.01. The second-order valence-corrected chi connectivity index (χ2v) is 6.03. The highest BCUT2D eigenvalue weighted by Gasteiger charge is 2.25. The largest absolute Gasteiger partial charge is 0.381 e. The number of rotatable bonds is 4. The van der Waals surface area contributed by atoms with Crippen LogP contribution in [0.25, 0.3) is 11.0 Å². The first-order chi connectivity index (χ1) is 10.7. The Morgan fingerprint density at radius 3 is 2.86 bits per heavy atom. The zero-order chi connectivity index (χ0) is 15.5. The van der Waals surface area contributed by atoms with Crippen molar-refractivity contribution < 1.29 is 9.53 Å². The molecule has 1 aromatic carbocycles. The molecule has 1 atom stereocenters. The summed E-state index contributed by atoms with van der Waals surface area (Å²) < 4.78 is 7.40. The summed E-state index contributed by atoms with van der Waals surface area (Å²) in [5.74, 6) is 1.44. The van der Waals surface area contributed by atoms with Crippen LogP contribution in [0, 0.1) is 11.8 Å². The molecule has 1 saturated heterocycles. The van der Waals surface area contributed by atoms with E-state index in [4.69, 9.17) is 4.74 Å². The Bertz CT molecular complexity index is 659. The number of benzene rings is 1. The third-order valence-corrected chi connectivity index (χ3v) is 4.69. The van der Waals surface area contributed by atoms with E-state index in [9.17, 15) is 4.79 Å². The molecule has 2 heterocycles. The van der Waals surface area contributed by atoms with Crippen LogP contribution < -0.4 is 5.32 Å². The predicted octanol–water partition coefficient (Wildman–Crippen LogP) is 2.25. The highest BCUT2D eigenvalue weighted by Crippen LogP contribution is 2.23. The number of carbonyl (C=O) groups excluding carboxylic acids is 1. The fourth-order valence-electron chi connectivity index (χ4n) is 3.11. The molecule has 118 valence electrons. The summed E-state index contributed by atoms with van der Waals surface area (Å²) in [6.45, 7) is 4.03. The number of imidazole rings is 1. The van der Waals surface area contributed by atoms with Crippen LogP contribution in [0.4, 0.5) is 0 Å². The summed E-state index contributed by atoms with van der Waals surface area (Å²) in [7, 11) is 1.98. The molecule has 0 aliphatic carbocycles. The summed E-state index contributed by atoms with van der Waals surface area (Å²) in [6.07, 6.45) is 1.95. The minimum Gasteiger partial charge on any atom is -0.381 e. The van der Waals surface area contributed by atoms with E-state index < -0.39 is 0 Å². The monoisotopic (exact) mass is 301 g/mol. The van der Waals surface area contributed by atoms with E-state index in [-0.39, 0.29) is 11.8 Å². The van der Waals surface area contributed by atoms with Gasteiger partial charge in [-0.3, -0.25) is 4.79 Å². The Morgan fingerprint density at radius 2 is 2.14 bits per heavy atom. The molecule has 1 aliphatic heterocycles. The topological polar surface area (TPSA) is 56.2 Å². The zero-order valence-corrected chi connectivity index (χ0v) is 13.2. The highest BCUT2D eigenvalue weighted by atomic mass is 16.5. The van der Waals surface area contributed by atoms with E-state index in [1.165, 1.54) is 0 Å². The van der Waals surface area contributed by atoms with Crippen LogP contribution >= 0.6 is 0 Å². The maximum Gasteiger partial charge on any atom is 0.223 e. The molecular weight excluding hydrogens is 278 g/mol. The van der Waals surface area contributed by atoms with Crippen molar-refractivity contribution in [2.75, 3.05) is 13.2 Å². The summed E-state index contributed by atoms with van der Waals surface area (Å²) in [5.41, 5.74) is 2.05. The van der Waals surface area contributed by atoms with Crippen molar-refractivity contribution in [2.45, 2.75) is 26.3 Å². The molecule has 0 bridgehead atoms. The van der Waals surface area contributed by atoms with Crippen molar-refractivity contribution in [1.82, 2.24) is 14.9 Å². The number of carbonyl (C=O) groups is 1. The molecule has 0 radical (unpaired) electrons. The van der Waals surface area contributed by atoms with Crippen molar-refractivity contribution in [2.24, 2.45) is 18.9 Å². The number of hydrogen-bond donors (Lipinski definition) is 1. The minimum absolute atomic E-state index is 0.0265. The lowest BCUT2D eigenvalue weighted by Crippen LogP contribution is -2.35. The SMILES string of the molecule is CC(C(=O)NCc1nc2ccccc2n1C)C1CCOCC1. The van der Waals surface area contributed by atoms with Crippen LogP contribution in [0.1, 0.15) is 25.6 Å². The first kappa shape index (κ1) is 15.0. The van der Waals surface area contributed by atoms with Crippen molar-refractivity contribution >= 4 is 16.9 Å². The number of fused-ring (bicyclic) bond motifs is 1. The maximum atomic E-state index is 12.4. The van der Waals surface area contributed by atoms with Crippen LogP contribution in [0.5, 0.6) is 0 Å². The summed E-state index contributed by atoms with van der Waals surface area (Å²) in [4.78, 5) is 16.9. The lowest BCUT2D eigenvalue weighted by atomic mass is 9.87. The second-order valence-electron chi connectivity index (χ2n) is 6.03. The number of nitrogens with one attached hydrogen (secondary N) is 1. The molecule has 1 unspecified atom stereocenters. The molecule has 1 aliphatic rings. The van der Waals surface area contributed by atoms with E-state index in [1.54, 1.807) is 0 Å². The smallest absolute Gasteiger partial charge is 0.223 e. The Balaban J connectivity index is 1.63. The number of aromatic nitrogens is 2. The summed E-state index contributed by atoms with van der Waals surface area (Å²) >= 11 is 0. The fraction of sp³-hybridized carbons (Fsp3) is 0.529. The van der Waals surface area contributed by atoms with Gasteiger partial charge in [-0.15, -0.1) is 0 Å². The van der Waals surface area contributed by atoms with Gasteiger partial charge in [0.2, 0.25) is 5.91 Å². The van der Waals surface area contributed by atoms with E-state index in [0.29, 0.717) is 12.5 Å². The van der Waals surface area contributed by atoms with E-state index in [1.807, 2.05) is 42.8 Å². The standard InChI is InChI=1S/C17H23N3O2/c1-12(13-7-9-22-10-8-13)17(21)18-11-16-19-14-5-3-4-6-15(14)20(16)2/h3-6,12-13H,7-11H2,1-2H3,(H,18,21). The van der Waals surface area contributed by atoms with Crippen molar-refractivity contribution in [3.8, 4) is 0 Å². The molecule has 3 rings (SSSR count). The van der Waals surface area contributed by atoms with Gasteiger partial charge in [0.05, 0.1) is 17.6 Å². The molecule has 0 saturated carbocycles. The van der Waals surface area contributed by atoms with Gasteiger partial charge in [-0.1, -0.05) is 19.1 Å². The molecule has 0 spiro atoms. The van der Waals surface area contributed by atoms with E-state index in [2.05, 4.69) is 10.3 Å². The molecule has 5 nitrogen and oxygen atoms in total. The quantitative estimate of drug-likeness (QED) is 0.942. The normalized spacial score (nSPS) is 17.5. The van der Waals surface area contributed by atoms with Crippen LogP contribution in [0.15, 0.2) is 24.3 Å². The van der Waals surface area contributed by atoms with Crippen LogP contribution in [-0.4, -0.2) is 28.7 Å². The third-order valence-electron chi connectivity index (χ3n) is 4.69. The van der Waals surface area contributed by atoms with Crippen molar-refractivity contribution in [3.63, 3.8) is 0 Å². The lowest BCUT2D eigenvalue weighted by Gasteiger charge is -2.26. The number of aryl methyl sites for hydroxylation is 1. The number of ether oxygens (including phenoxy) is 1. The molecule has 5 heteroatoms. The van der Waals surface area contributed by atoms with Crippen LogP contribution in [0.2, 0.25) is 0 Å². The third kappa shape index (κ3) is 2.99. The Hall–Kier alpha value is -1.88. The molecular formula is C17H23N3O2. The molecule has 1 N–H and O–H groups in total. The molecule has 22 heavy (non-hydrogen) atoms. The van der Waals surface area contributed by atoms with Gasteiger partial charge < -0.3 is 14.6 Å². The van der Waals surface area contributed by atoms with E-state index in [0.717, 1.165) is 42.9 Å². The highest BCUT2D eigenvalue weighted by molar-refractivity contribution is 5.79. The first-order valence-corrected chi connectivity index (χ1v) is 7.92. The Kier molecular flexibility index (Phi) is 4.43. The number of amides is 1. The van der Waals surface area contributed by atoms with Gasteiger partial charge >= 0.3 is 0 Å². The average Bonchev–Trinajstić information content (AvgIpc) is 2.89. The summed E-state index contributed by atoms with van der Waals surface area (Å²) in [5, 5.41) is 3.03. The Labute approximate surface area is 130 Å². The van der Waals surface area contributed by atoms with Gasteiger partial charge in [-0.05, 0) is 30.9 Å². The zero-order valence-electron chi connectivity index (χ0n) is 13.2. The van der Waals surface area contributed by atoms with Gasteiger partial charge in [-0.25, -0.2) is 4.98 Å². The van der Waals surface area contributed by atoms with Gasteiger partial charge in [0.1, 0.15) is 5.82 Å². The predicted molar refractivity (Wildman–Crippen MR) is 85.3 cm³/mol. The van der Waals surface area contributed by atoms with Crippen LogP contribution in [0.3, 0.4) is 0 Å². The number of nitrogens with zero attached hydrogens (tertiary/aromatic N) is 2. The fourth-order valence-corrected chi connectivity index (χ4v) is 3.11. The Morgan fingerprint density at radius 1 is 1.41 bits per heavy atom. The van der Waals surface area contributed by atoms with Gasteiger partial charge in [0, 0.05) is 26.2 Å². The average molecular weight is 301 g/mol. The van der Waals surface area contributed by atoms with Crippen molar-refractivity contribution in [1.29, 1.82) is 0 Å². The molecule has 1 aromatic heterocycles. The molecule has 2 aromatic rings. The van der Waals surface area contributed by atoms with Gasteiger partial charge in [0.25, 0.3) is 0 Å². The van der Waals surface area contributed by atoms with Crippen molar-refractivity contribution in [3.05, 3.63) is 30.1 Å². The van der Waals surface area contributed by atoms with E-state index >= 15 is 0 Å². The molecule has 1 amide bonds. The first-order valence-electron chi connectivity index (χ1n) is 7.92. The van der Waals surface area contributed by atoms with Gasteiger partial charge in [0.15, 0.2) is 0 Å². The van der Waals surface area contributed by atoms with Gasteiger partial charge in [-0.2, -0.15) is 0 Å². The lowest BCUT2D eigenvalue weighted by molar-refractivity contribution is -0.127. The van der Waals surface area contributed by atoms with Crippen LogP contribution in [-0.2, 0) is 23.1 Å². The maximum absolute atomic E-state index is 12.4. The molecule has 1 fully saturated rings. The number of para-hydroxylation sites is 2. The number of hydrogen-bond acceptors (Lipinski definition) is 3.